The van der Waals surface area contributed by atoms with Gasteiger partial charge in [0.25, 0.3) is 11.8 Å². The Kier molecular flexibility index (Phi) is 7.91. The number of rotatable bonds is 8. The van der Waals surface area contributed by atoms with Crippen molar-refractivity contribution in [2.75, 3.05) is 29.9 Å². The molecule has 1 aliphatic rings. The van der Waals surface area contributed by atoms with E-state index in [9.17, 15) is 18.0 Å². The lowest BCUT2D eigenvalue weighted by Crippen LogP contribution is -2.31. The summed E-state index contributed by atoms with van der Waals surface area (Å²) in [4.78, 5) is 30.3. The van der Waals surface area contributed by atoms with Crippen LogP contribution in [0.1, 0.15) is 32.7 Å². The summed E-state index contributed by atoms with van der Waals surface area (Å²) in [5.41, 5.74) is 2.36. The maximum atomic E-state index is 13.8. The van der Waals surface area contributed by atoms with Crippen molar-refractivity contribution in [3.05, 3.63) is 119 Å². The number of fused-ring (bicyclic) bond motifs is 2. The van der Waals surface area contributed by atoms with E-state index in [0.717, 1.165) is 17.8 Å². The number of anilines is 2. The first-order valence-corrected chi connectivity index (χ1v) is 14.7. The molecule has 0 bridgehead atoms. The highest BCUT2D eigenvalue weighted by Crippen LogP contribution is 2.38. The zero-order valence-corrected chi connectivity index (χ0v) is 23.5. The Morgan fingerprint density at radius 3 is 2.35 bits per heavy atom. The number of nitrogens with one attached hydrogen (secondary N) is 1. The van der Waals surface area contributed by atoms with Crippen LogP contribution in [0.15, 0.2) is 107 Å². The number of carbonyl (C=O) groups excluding carboxylic acids is 2. The predicted molar refractivity (Wildman–Crippen MR) is 157 cm³/mol. The van der Waals surface area contributed by atoms with Crippen LogP contribution in [0.4, 0.5) is 11.4 Å². The molecule has 9 heteroatoms. The van der Waals surface area contributed by atoms with Gasteiger partial charge in [-0.15, -0.1) is 0 Å². The van der Waals surface area contributed by atoms with Gasteiger partial charge in [-0.1, -0.05) is 54.1 Å². The van der Waals surface area contributed by atoms with E-state index < -0.39 is 15.7 Å². The SMILES string of the molecule is CN(CCCNC(=O)c1ccc2c(c1)N(Cc1ccc(Cl)cc1)C(=O)c1ccccc1S2(=O)=O)c1ccccc1. The van der Waals surface area contributed by atoms with Crippen molar-refractivity contribution >= 4 is 44.6 Å². The Morgan fingerprint density at radius 2 is 1.60 bits per heavy atom. The molecule has 0 unspecified atom stereocenters. The summed E-state index contributed by atoms with van der Waals surface area (Å²) in [6.07, 6.45) is 0.715. The molecular formula is C31H28ClN3O4S. The number of sulfone groups is 1. The highest BCUT2D eigenvalue weighted by molar-refractivity contribution is 7.91. The molecule has 7 nitrogen and oxygen atoms in total. The molecule has 1 heterocycles. The third-order valence-electron chi connectivity index (χ3n) is 6.86. The van der Waals surface area contributed by atoms with Gasteiger partial charge in [-0.25, -0.2) is 8.42 Å². The maximum Gasteiger partial charge on any atom is 0.259 e. The van der Waals surface area contributed by atoms with Gasteiger partial charge in [-0.2, -0.15) is 0 Å². The first-order valence-electron chi connectivity index (χ1n) is 12.8. The molecule has 0 aliphatic carbocycles. The number of para-hydroxylation sites is 1. The Hall–Kier alpha value is -4.14. The molecule has 5 rings (SSSR count). The van der Waals surface area contributed by atoms with E-state index >= 15 is 0 Å². The molecule has 0 fully saturated rings. The van der Waals surface area contributed by atoms with Crippen LogP contribution in [0, 0.1) is 0 Å². The first kappa shape index (κ1) is 27.4. The highest BCUT2D eigenvalue weighted by Gasteiger charge is 2.36. The molecule has 4 aromatic carbocycles. The molecule has 0 radical (unpaired) electrons. The van der Waals surface area contributed by atoms with Gasteiger partial charge < -0.3 is 15.1 Å². The predicted octanol–water partition coefficient (Wildman–Crippen LogP) is 5.59. The van der Waals surface area contributed by atoms with Crippen LogP contribution in [0.5, 0.6) is 0 Å². The van der Waals surface area contributed by atoms with Crippen molar-refractivity contribution in [3.63, 3.8) is 0 Å². The smallest absolute Gasteiger partial charge is 0.259 e. The lowest BCUT2D eigenvalue weighted by atomic mass is 10.1. The number of hydrogen-bond acceptors (Lipinski definition) is 5. The molecule has 204 valence electrons. The molecule has 1 N–H and O–H groups in total. The van der Waals surface area contributed by atoms with Crippen molar-refractivity contribution in [2.45, 2.75) is 22.8 Å². The normalized spacial score (nSPS) is 13.7. The largest absolute Gasteiger partial charge is 0.375 e. The van der Waals surface area contributed by atoms with Gasteiger partial charge in [0.2, 0.25) is 9.84 Å². The molecule has 0 saturated carbocycles. The Balaban J connectivity index is 1.42. The minimum absolute atomic E-state index is 0.0270. The molecule has 0 saturated heterocycles. The molecule has 0 spiro atoms. The van der Waals surface area contributed by atoms with E-state index in [1.54, 1.807) is 36.4 Å². The Bertz CT molecular complexity index is 1660. The summed E-state index contributed by atoms with van der Waals surface area (Å²) < 4.78 is 27.3. The maximum absolute atomic E-state index is 13.8. The van der Waals surface area contributed by atoms with Crippen LogP contribution >= 0.6 is 11.6 Å². The van der Waals surface area contributed by atoms with E-state index in [1.807, 2.05) is 37.4 Å². The van der Waals surface area contributed by atoms with Crippen LogP contribution in [0.3, 0.4) is 0 Å². The van der Waals surface area contributed by atoms with E-state index in [-0.39, 0.29) is 39.1 Å². The van der Waals surface area contributed by atoms with Gasteiger partial charge in [0.1, 0.15) is 0 Å². The monoisotopic (exact) mass is 573 g/mol. The second kappa shape index (κ2) is 11.5. The fourth-order valence-electron chi connectivity index (χ4n) is 4.71. The zero-order valence-electron chi connectivity index (χ0n) is 21.9. The topological polar surface area (TPSA) is 86.8 Å². The van der Waals surface area contributed by atoms with Crippen LogP contribution in [-0.2, 0) is 16.4 Å². The number of halogens is 1. The van der Waals surface area contributed by atoms with Gasteiger partial charge in [0.15, 0.2) is 0 Å². The van der Waals surface area contributed by atoms with E-state index in [2.05, 4.69) is 10.2 Å². The summed E-state index contributed by atoms with van der Waals surface area (Å²) in [5.74, 6) is -0.808. The average Bonchev–Trinajstić information content (AvgIpc) is 3.04. The minimum Gasteiger partial charge on any atom is -0.375 e. The van der Waals surface area contributed by atoms with Gasteiger partial charge >= 0.3 is 0 Å². The second-order valence-electron chi connectivity index (χ2n) is 9.57. The van der Waals surface area contributed by atoms with Crippen LogP contribution in [0.2, 0.25) is 5.02 Å². The van der Waals surface area contributed by atoms with Crippen molar-refractivity contribution < 1.29 is 18.0 Å². The third kappa shape index (κ3) is 5.59. The third-order valence-corrected chi connectivity index (χ3v) is 8.97. The standard InChI is InChI=1S/C31H28ClN3O4S/c1-34(25-8-3-2-4-9-25)19-7-18-33-30(36)23-14-17-29-27(20-23)35(21-22-12-15-24(32)16-13-22)31(37)26-10-5-6-11-28(26)40(29,38)39/h2-6,8-17,20H,7,18-19,21H2,1H3,(H,33,36). The van der Waals surface area contributed by atoms with Crippen molar-refractivity contribution in [1.29, 1.82) is 0 Å². The van der Waals surface area contributed by atoms with Crippen LogP contribution < -0.4 is 15.1 Å². The lowest BCUT2D eigenvalue weighted by Gasteiger charge is -2.23. The first-order chi connectivity index (χ1) is 19.3. The fourth-order valence-corrected chi connectivity index (χ4v) is 6.47. The fraction of sp³-hybridized carbons (Fsp3) is 0.161. The Labute approximate surface area is 238 Å². The molecule has 1 aliphatic heterocycles. The molecule has 0 atom stereocenters. The summed E-state index contributed by atoms with van der Waals surface area (Å²) >= 11 is 6.04. The van der Waals surface area contributed by atoms with Gasteiger partial charge in [0, 0.05) is 36.4 Å². The average molecular weight is 574 g/mol. The molecule has 2 amide bonds. The quantitative estimate of drug-likeness (QED) is 0.278. The lowest BCUT2D eigenvalue weighted by molar-refractivity contribution is 0.0949. The highest BCUT2D eigenvalue weighted by atomic mass is 35.5. The number of benzene rings is 4. The van der Waals surface area contributed by atoms with Gasteiger partial charge in [0.05, 0.1) is 27.6 Å². The number of amides is 2. The van der Waals surface area contributed by atoms with Crippen molar-refractivity contribution in [3.8, 4) is 0 Å². The van der Waals surface area contributed by atoms with Crippen molar-refractivity contribution in [1.82, 2.24) is 5.32 Å². The second-order valence-corrected chi connectivity index (χ2v) is 11.9. The Morgan fingerprint density at radius 1 is 0.900 bits per heavy atom. The summed E-state index contributed by atoms with van der Waals surface area (Å²) in [5, 5.41) is 3.46. The van der Waals surface area contributed by atoms with E-state index in [4.69, 9.17) is 11.6 Å². The van der Waals surface area contributed by atoms with E-state index in [1.165, 1.54) is 35.2 Å². The molecular weight excluding hydrogens is 546 g/mol. The van der Waals surface area contributed by atoms with E-state index in [0.29, 0.717) is 18.0 Å². The van der Waals surface area contributed by atoms with Gasteiger partial charge in [-0.3, -0.25) is 9.59 Å². The molecule has 0 aromatic heterocycles. The number of carbonyl (C=O) groups is 2. The zero-order chi connectivity index (χ0) is 28.3. The minimum atomic E-state index is -4.02. The van der Waals surface area contributed by atoms with Gasteiger partial charge in [-0.05, 0) is 66.6 Å². The molecule has 40 heavy (non-hydrogen) atoms. The summed E-state index contributed by atoms with van der Waals surface area (Å²) in [6.45, 7) is 1.28. The number of hydrogen-bond donors (Lipinski definition) is 1. The van der Waals surface area contributed by atoms with Crippen LogP contribution in [0.25, 0.3) is 0 Å². The summed E-state index contributed by atoms with van der Waals surface area (Å²) in [7, 11) is -2.03. The van der Waals surface area contributed by atoms with Crippen LogP contribution in [-0.4, -0.2) is 40.4 Å². The van der Waals surface area contributed by atoms with Crippen molar-refractivity contribution in [2.24, 2.45) is 0 Å². The summed E-state index contributed by atoms with van der Waals surface area (Å²) in [6, 6.07) is 27.5. The number of nitrogens with zero attached hydrogens (tertiary/aromatic N) is 2. The molecule has 4 aromatic rings.